The number of nitrogens with one attached hydrogen (secondary N) is 1. The Hall–Kier alpha value is -1.71. The molecule has 2 rings (SSSR count). The number of hydrogen-bond acceptors (Lipinski definition) is 4. The van der Waals surface area contributed by atoms with Crippen molar-refractivity contribution in [3.8, 4) is 0 Å². The van der Waals surface area contributed by atoms with Crippen LogP contribution in [0.2, 0.25) is 0 Å². The van der Waals surface area contributed by atoms with Gasteiger partial charge in [0.2, 0.25) is 0 Å². The molecule has 0 spiro atoms. The molecule has 4 heteroatoms. The zero-order valence-corrected chi connectivity index (χ0v) is 10.4. The van der Waals surface area contributed by atoms with Gasteiger partial charge in [-0.15, -0.1) is 0 Å². The van der Waals surface area contributed by atoms with Crippen molar-refractivity contribution in [2.24, 2.45) is 0 Å². The van der Waals surface area contributed by atoms with Crippen LogP contribution in [-0.4, -0.2) is 21.5 Å². The summed E-state index contributed by atoms with van der Waals surface area (Å²) >= 11 is 0. The van der Waals surface area contributed by atoms with Crippen LogP contribution in [0.15, 0.2) is 18.5 Å². The molecule has 2 aromatic rings. The lowest BCUT2D eigenvalue weighted by Gasteiger charge is -2.08. The molecular weight excluding hydrogens is 212 g/mol. The van der Waals surface area contributed by atoms with E-state index in [0.717, 1.165) is 29.1 Å². The van der Waals surface area contributed by atoms with E-state index in [-0.39, 0.29) is 0 Å². The van der Waals surface area contributed by atoms with Gasteiger partial charge < -0.3 is 5.32 Å². The average Bonchev–Trinajstić information content (AvgIpc) is 2.34. The third kappa shape index (κ3) is 2.90. The highest BCUT2D eigenvalue weighted by Crippen LogP contribution is 2.18. The number of anilines is 1. The van der Waals surface area contributed by atoms with Crippen LogP contribution in [0.5, 0.6) is 0 Å². The maximum atomic E-state index is 4.45. The largest absolute Gasteiger partial charge is 0.369 e. The highest BCUT2D eigenvalue weighted by atomic mass is 15.0. The minimum Gasteiger partial charge on any atom is -0.369 e. The molecule has 90 valence electrons. The highest BCUT2D eigenvalue weighted by Gasteiger charge is 2.04. The molecule has 0 aliphatic rings. The fourth-order valence-corrected chi connectivity index (χ4v) is 1.81. The van der Waals surface area contributed by atoms with Gasteiger partial charge in [-0.1, -0.05) is 19.8 Å². The van der Waals surface area contributed by atoms with Crippen molar-refractivity contribution >= 4 is 16.7 Å². The van der Waals surface area contributed by atoms with Crippen molar-refractivity contribution in [1.82, 2.24) is 15.0 Å². The molecule has 0 aromatic carbocycles. The number of pyridine rings is 1. The molecule has 17 heavy (non-hydrogen) atoms. The smallest absolute Gasteiger partial charge is 0.137 e. The second-order valence-corrected chi connectivity index (χ2v) is 4.15. The Kier molecular flexibility index (Phi) is 3.85. The Morgan fingerprint density at radius 2 is 2.12 bits per heavy atom. The van der Waals surface area contributed by atoms with Gasteiger partial charge in [0.1, 0.15) is 11.6 Å². The summed E-state index contributed by atoms with van der Waals surface area (Å²) in [6.07, 6.45) is 7.21. The predicted octanol–water partition coefficient (Wildman–Crippen LogP) is 2.94. The summed E-state index contributed by atoms with van der Waals surface area (Å²) in [5.41, 5.74) is 0.901. The Morgan fingerprint density at radius 3 is 2.94 bits per heavy atom. The summed E-state index contributed by atoms with van der Waals surface area (Å²) in [6, 6.07) is 1.96. The van der Waals surface area contributed by atoms with Crippen LogP contribution < -0.4 is 5.32 Å². The first kappa shape index (κ1) is 11.8. The number of aryl methyl sites for hydroxylation is 1. The molecule has 0 aliphatic carbocycles. The van der Waals surface area contributed by atoms with Gasteiger partial charge in [0.05, 0.1) is 11.7 Å². The topological polar surface area (TPSA) is 50.7 Å². The Morgan fingerprint density at radius 1 is 1.24 bits per heavy atom. The Labute approximate surface area is 102 Å². The first-order valence-electron chi connectivity index (χ1n) is 6.13. The number of aromatic nitrogens is 3. The average molecular weight is 230 g/mol. The zero-order chi connectivity index (χ0) is 12.1. The first-order valence-corrected chi connectivity index (χ1v) is 6.13. The fraction of sp³-hybridized carbons (Fsp3) is 0.462. The lowest BCUT2D eigenvalue weighted by molar-refractivity contribution is 0.742. The summed E-state index contributed by atoms with van der Waals surface area (Å²) in [4.78, 5) is 12.9. The van der Waals surface area contributed by atoms with Crippen molar-refractivity contribution in [2.75, 3.05) is 11.9 Å². The molecule has 1 N–H and O–H groups in total. The predicted molar refractivity (Wildman–Crippen MR) is 70.1 cm³/mol. The van der Waals surface area contributed by atoms with Crippen LogP contribution in [0.3, 0.4) is 0 Å². The monoisotopic (exact) mass is 230 g/mol. The van der Waals surface area contributed by atoms with E-state index in [0.29, 0.717) is 0 Å². The molecule has 0 amide bonds. The quantitative estimate of drug-likeness (QED) is 0.802. The Balaban J connectivity index is 2.20. The fourth-order valence-electron chi connectivity index (χ4n) is 1.81. The molecule has 0 saturated heterocycles. The van der Waals surface area contributed by atoms with Crippen LogP contribution in [0.4, 0.5) is 5.82 Å². The second kappa shape index (κ2) is 5.57. The summed E-state index contributed by atoms with van der Waals surface area (Å²) < 4.78 is 0. The lowest BCUT2D eigenvalue weighted by Crippen LogP contribution is -2.05. The lowest BCUT2D eigenvalue weighted by atomic mass is 10.2. The summed E-state index contributed by atoms with van der Waals surface area (Å²) in [7, 11) is 0. The number of nitrogens with zero attached hydrogens (tertiary/aromatic N) is 3. The summed E-state index contributed by atoms with van der Waals surface area (Å²) in [6.45, 7) is 5.07. The second-order valence-electron chi connectivity index (χ2n) is 4.15. The zero-order valence-electron chi connectivity index (χ0n) is 10.4. The van der Waals surface area contributed by atoms with E-state index in [1.165, 1.54) is 19.3 Å². The van der Waals surface area contributed by atoms with Crippen LogP contribution in [0.1, 0.15) is 32.0 Å². The van der Waals surface area contributed by atoms with E-state index in [4.69, 9.17) is 0 Å². The van der Waals surface area contributed by atoms with Crippen molar-refractivity contribution in [2.45, 2.75) is 33.1 Å². The van der Waals surface area contributed by atoms with Crippen LogP contribution >= 0.6 is 0 Å². The molecule has 2 aromatic heterocycles. The SMILES string of the molecule is CCCCCNc1nc(C)nc2cnccc12. The minimum atomic E-state index is 0.781. The number of unbranched alkanes of at least 4 members (excludes halogenated alkanes) is 2. The number of rotatable bonds is 5. The molecule has 0 bridgehead atoms. The third-order valence-corrected chi connectivity index (χ3v) is 2.68. The van der Waals surface area contributed by atoms with E-state index in [2.05, 4.69) is 27.2 Å². The first-order chi connectivity index (χ1) is 8.31. The normalized spacial score (nSPS) is 10.7. The number of hydrogen-bond donors (Lipinski definition) is 1. The van der Waals surface area contributed by atoms with Gasteiger partial charge in [-0.05, 0) is 19.4 Å². The van der Waals surface area contributed by atoms with E-state index in [9.17, 15) is 0 Å². The molecule has 4 nitrogen and oxygen atoms in total. The van der Waals surface area contributed by atoms with Crippen molar-refractivity contribution in [3.05, 3.63) is 24.3 Å². The van der Waals surface area contributed by atoms with Crippen molar-refractivity contribution in [3.63, 3.8) is 0 Å². The van der Waals surface area contributed by atoms with Gasteiger partial charge in [0, 0.05) is 18.1 Å². The minimum absolute atomic E-state index is 0.781. The van der Waals surface area contributed by atoms with Gasteiger partial charge >= 0.3 is 0 Å². The third-order valence-electron chi connectivity index (χ3n) is 2.68. The van der Waals surface area contributed by atoms with E-state index < -0.39 is 0 Å². The molecule has 0 aliphatic heterocycles. The van der Waals surface area contributed by atoms with Gasteiger partial charge in [0.25, 0.3) is 0 Å². The molecule has 0 fully saturated rings. The van der Waals surface area contributed by atoms with E-state index in [1.807, 2.05) is 13.0 Å². The highest BCUT2D eigenvalue weighted by molar-refractivity contribution is 5.88. The molecular formula is C13H18N4. The van der Waals surface area contributed by atoms with E-state index >= 15 is 0 Å². The number of fused-ring (bicyclic) bond motifs is 1. The summed E-state index contributed by atoms with van der Waals surface area (Å²) in [5, 5.41) is 4.43. The molecule has 0 saturated carbocycles. The van der Waals surface area contributed by atoms with Gasteiger partial charge in [-0.2, -0.15) is 0 Å². The summed E-state index contributed by atoms with van der Waals surface area (Å²) in [5.74, 6) is 1.70. The van der Waals surface area contributed by atoms with Crippen LogP contribution in [0.25, 0.3) is 10.9 Å². The van der Waals surface area contributed by atoms with Crippen molar-refractivity contribution in [1.29, 1.82) is 0 Å². The molecule has 0 radical (unpaired) electrons. The van der Waals surface area contributed by atoms with Crippen molar-refractivity contribution < 1.29 is 0 Å². The van der Waals surface area contributed by atoms with Gasteiger partial charge in [-0.3, -0.25) is 4.98 Å². The molecule has 2 heterocycles. The molecule has 0 atom stereocenters. The Bertz CT molecular complexity index is 496. The molecule has 0 unspecified atom stereocenters. The standard InChI is InChI=1S/C13H18N4/c1-3-4-5-7-15-13-11-6-8-14-9-12(11)16-10(2)17-13/h6,8-9H,3-5,7H2,1-2H3,(H,15,16,17). The maximum absolute atomic E-state index is 4.45. The van der Waals surface area contributed by atoms with Gasteiger partial charge in [-0.25, -0.2) is 9.97 Å². The van der Waals surface area contributed by atoms with Gasteiger partial charge in [0.15, 0.2) is 0 Å². The van der Waals surface area contributed by atoms with Crippen LogP contribution in [0, 0.1) is 6.92 Å². The maximum Gasteiger partial charge on any atom is 0.137 e. The van der Waals surface area contributed by atoms with Crippen LogP contribution in [-0.2, 0) is 0 Å². The van der Waals surface area contributed by atoms with E-state index in [1.54, 1.807) is 12.4 Å².